The van der Waals surface area contributed by atoms with Crippen LogP contribution in [-0.2, 0) is 10.8 Å². The quantitative estimate of drug-likeness (QED) is 0.149. The Balaban J connectivity index is 0.683. The monoisotopic (exact) mass is 942 g/mol. The minimum atomic E-state index is -0.146. The molecule has 0 radical (unpaired) electrons. The van der Waals surface area contributed by atoms with E-state index in [1.165, 1.54) is 144 Å². The SMILES string of the molecule is CC1(C)c2cc(-c3ccc(-c4ccc(-c5ccc6ccccc6c5)cc4)cc3)ccc2-c2ccc(-c3ccc4c(c3)C(C)(C)c3cc(-c5ccc(-c6ccc(-c7ccc8ccccc8c7)cc6)cc5)ccc3-4)cc21. The van der Waals surface area contributed by atoms with Gasteiger partial charge in [0.15, 0.2) is 0 Å². The molecule has 0 amide bonds. The number of hydrogen-bond acceptors (Lipinski definition) is 0. The highest BCUT2D eigenvalue weighted by molar-refractivity contribution is 5.91. The van der Waals surface area contributed by atoms with Crippen LogP contribution in [0.25, 0.3) is 122 Å². The first-order valence-electron chi connectivity index (χ1n) is 26.1. The maximum absolute atomic E-state index is 2.47. The Labute approximate surface area is 434 Å². The van der Waals surface area contributed by atoms with Gasteiger partial charge < -0.3 is 0 Å². The van der Waals surface area contributed by atoms with E-state index in [1.54, 1.807) is 0 Å². The fourth-order valence-electron chi connectivity index (χ4n) is 12.4. The molecule has 12 aromatic rings. The lowest BCUT2D eigenvalue weighted by Crippen LogP contribution is -2.15. The van der Waals surface area contributed by atoms with Crippen LogP contribution in [0, 0.1) is 0 Å². The van der Waals surface area contributed by atoms with Gasteiger partial charge in [-0.15, -0.1) is 0 Å². The van der Waals surface area contributed by atoms with Gasteiger partial charge in [-0.1, -0.05) is 246 Å². The van der Waals surface area contributed by atoms with E-state index in [1.807, 2.05) is 0 Å². The highest BCUT2D eigenvalue weighted by Crippen LogP contribution is 2.53. The van der Waals surface area contributed by atoms with Crippen LogP contribution in [0.4, 0.5) is 0 Å². The Morgan fingerprint density at radius 3 is 0.635 bits per heavy atom. The van der Waals surface area contributed by atoms with Crippen molar-refractivity contribution in [2.24, 2.45) is 0 Å². The van der Waals surface area contributed by atoms with Crippen molar-refractivity contribution in [3.63, 3.8) is 0 Å². The van der Waals surface area contributed by atoms with Crippen molar-refractivity contribution in [2.45, 2.75) is 38.5 Å². The second kappa shape index (κ2) is 16.9. The number of hydrogen-bond donors (Lipinski definition) is 0. The molecule has 0 spiro atoms. The zero-order valence-electron chi connectivity index (χ0n) is 42.2. The van der Waals surface area contributed by atoms with Gasteiger partial charge in [0.1, 0.15) is 0 Å². The molecule has 0 saturated carbocycles. The number of benzene rings is 12. The van der Waals surface area contributed by atoms with Gasteiger partial charge >= 0.3 is 0 Å². The van der Waals surface area contributed by atoms with Gasteiger partial charge in [0.25, 0.3) is 0 Å². The average molecular weight is 943 g/mol. The summed E-state index contributed by atoms with van der Waals surface area (Å²) in [5, 5.41) is 5.08. The predicted molar refractivity (Wildman–Crippen MR) is 315 cm³/mol. The summed E-state index contributed by atoms with van der Waals surface area (Å²) in [6, 6.07) is 95.2. The number of rotatable bonds is 7. The van der Waals surface area contributed by atoms with Gasteiger partial charge in [0.05, 0.1) is 0 Å². The number of fused-ring (bicyclic) bond motifs is 8. The van der Waals surface area contributed by atoms with Gasteiger partial charge in [-0.3, -0.25) is 0 Å². The van der Waals surface area contributed by atoms with E-state index in [-0.39, 0.29) is 10.8 Å². The van der Waals surface area contributed by atoms with Crippen LogP contribution in [0.5, 0.6) is 0 Å². The highest BCUT2D eigenvalue weighted by atomic mass is 14.4. The summed E-state index contributed by atoms with van der Waals surface area (Å²) in [4.78, 5) is 0. The van der Waals surface area contributed by atoms with Gasteiger partial charge in [0, 0.05) is 10.8 Å². The maximum atomic E-state index is 2.47. The van der Waals surface area contributed by atoms with Crippen LogP contribution >= 0.6 is 0 Å². The topological polar surface area (TPSA) is 0 Å². The molecule has 350 valence electrons. The Hall–Kier alpha value is -8.84. The smallest absolute Gasteiger partial charge is 0.0159 e. The molecule has 2 aliphatic rings. The standard InChI is InChI=1S/C74H54/c1-73(2)69-43-61(55-25-17-51(18-26-55)49-13-21-53(22-14-49)59-31-29-47-9-5-7-11-57(47)41-59)33-37-65(69)67-39-35-63(45-71(67)73)64-36-40-68-66-38-34-62(44-70(66)74(3,4)72(68)46-64)56-27-19-52(20-28-56)50-15-23-54(24-16-50)60-32-30-48-10-6-8-12-58(48)42-60/h5-46H,1-4H3. The molecule has 0 aliphatic heterocycles. The molecule has 0 aromatic heterocycles. The molecule has 0 N–H and O–H groups in total. The largest absolute Gasteiger partial charge is 0.0616 e. The molecule has 14 rings (SSSR count). The summed E-state index contributed by atoms with van der Waals surface area (Å²) in [6.07, 6.45) is 0. The van der Waals surface area contributed by atoms with Crippen molar-refractivity contribution < 1.29 is 0 Å². The predicted octanol–water partition coefficient (Wildman–Crippen LogP) is 20.3. The maximum Gasteiger partial charge on any atom is 0.0159 e. The van der Waals surface area contributed by atoms with Crippen molar-refractivity contribution in [3.05, 3.63) is 277 Å². The van der Waals surface area contributed by atoms with Gasteiger partial charge in [-0.25, -0.2) is 0 Å². The van der Waals surface area contributed by atoms with Gasteiger partial charge in [-0.2, -0.15) is 0 Å². The normalized spacial score (nSPS) is 13.6. The fraction of sp³-hybridized carbons (Fsp3) is 0.0811. The zero-order valence-corrected chi connectivity index (χ0v) is 42.2. The second-order valence-corrected chi connectivity index (χ2v) is 21.7. The summed E-state index contributed by atoms with van der Waals surface area (Å²) >= 11 is 0. The molecule has 2 aliphatic carbocycles. The summed E-state index contributed by atoms with van der Waals surface area (Å²) in [5.41, 5.74) is 28.0. The van der Waals surface area contributed by atoms with Crippen LogP contribution in [0.1, 0.15) is 49.9 Å². The first-order chi connectivity index (χ1) is 36.1. The molecule has 0 nitrogen and oxygen atoms in total. The second-order valence-electron chi connectivity index (χ2n) is 21.7. The van der Waals surface area contributed by atoms with Crippen molar-refractivity contribution in [3.8, 4) is 100 Å². The van der Waals surface area contributed by atoms with Crippen molar-refractivity contribution in [1.29, 1.82) is 0 Å². The Morgan fingerprint density at radius 2 is 0.365 bits per heavy atom. The Bertz CT molecular complexity index is 3910. The molecular weight excluding hydrogens is 889 g/mol. The lowest BCUT2D eigenvalue weighted by Gasteiger charge is -2.24. The van der Waals surface area contributed by atoms with E-state index in [0.717, 1.165) is 0 Å². The third-order valence-electron chi connectivity index (χ3n) is 16.7. The van der Waals surface area contributed by atoms with E-state index in [4.69, 9.17) is 0 Å². The van der Waals surface area contributed by atoms with Crippen LogP contribution in [0.3, 0.4) is 0 Å². The molecular formula is C74H54. The third kappa shape index (κ3) is 7.27. The van der Waals surface area contributed by atoms with Crippen LogP contribution < -0.4 is 0 Å². The highest BCUT2D eigenvalue weighted by Gasteiger charge is 2.38. The minimum Gasteiger partial charge on any atom is -0.0616 e. The first-order valence-corrected chi connectivity index (χ1v) is 26.1. The first kappa shape index (κ1) is 43.9. The molecule has 0 atom stereocenters. The molecule has 12 aromatic carbocycles. The fourth-order valence-corrected chi connectivity index (χ4v) is 12.4. The van der Waals surface area contributed by atoms with E-state index in [0.29, 0.717) is 0 Å². The third-order valence-corrected chi connectivity index (χ3v) is 16.7. The van der Waals surface area contributed by atoms with Crippen LogP contribution in [0.2, 0.25) is 0 Å². The van der Waals surface area contributed by atoms with Crippen molar-refractivity contribution >= 4 is 21.5 Å². The van der Waals surface area contributed by atoms with E-state index in [9.17, 15) is 0 Å². The summed E-state index contributed by atoms with van der Waals surface area (Å²) in [5.74, 6) is 0. The van der Waals surface area contributed by atoms with Crippen molar-refractivity contribution in [1.82, 2.24) is 0 Å². The average Bonchev–Trinajstić information content (AvgIpc) is 3.84. The molecule has 0 bridgehead atoms. The molecule has 0 heteroatoms. The summed E-state index contributed by atoms with van der Waals surface area (Å²) in [6.45, 7) is 9.59. The lowest BCUT2D eigenvalue weighted by molar-refractivity contribution is 0.660. The van der Waals surface area contributed by atoms with Crippen LogP contribution in [0.15, 0.2) is 255 Å². The van der Waals surface area contributed by atoms with Gasteiger partial charge in [0.2, 0.25) is 0 Å². The summed E-state index contributed by atoms with van der Waals surface area (Å²) < 4.78 is 0. The Morgan fingerprint density at radius 1 is 0.176 bits per heavy atom. The summed E-state index contributed by atoms with van der Waals surface area (Å²) in [7, 11) is 0. The minimum absolute atomic E-state index is 0.146. The van der Waals surface area contributed by atoms with E-state index in [2.05, 4.69) is 282 Å². The Kier molecular flexibility index (Phi) is 10.0. The molecule has 74 heavy (non-hydrogen) atoms. The van der Waals surface area contributed by atoms with Crippen molar-refractivity contribution in [2.75, 3.05) is 0 Å². The van der Waals surface area contributed by atoms with E-state index < -0.39 is 0 Å². The molecule has 0 fully saturated rings. The van der Waals surface area contributed by atoms with E-state index >= 15 is 0 Å². The van der Waals surface area contributed by atoms with Crippen LogP contribution in [-0.4, -0.2) is 0 Å². The zero-order chi connectivity index (χ0) is 49.7. The molecule has 0 unspecified atom stereocenters. The molecule has 0 heterocycles. The molecule has 0 saturated heterocycles. The lowest BCUT2D eigenvalue weighted by atomic mass is 9.79. The van der Waals surface area contributed by atoms with Gasteiger partial charge in [-0.05, 0) is 180 Å².